The van der Waals surface area contributed by atoms with Gasteiger partial charge in [0.25, 0.3) is 0 Å². The van der Waals surface area contributed by atoms with Crippen LogP contribution in [0.25, 0.3) is 44.7 Å². The van der Waals surface area contributed by atoms with E-state index in [0.717, 1.165) is 193 Å². The fourth-order valence-corrected chi connectivity index (χ4v) is 12.4. The quantitative estimate of drug-likeness (QED) is 0.00742. The summed E-state index contributed by atoms with van der Waals surface area (Å²) in [6.45, 7) is 13.9. The van der Waals surface area contributed by atoms with E-state index < -0.39 is 12.3 Å². The van der Waals surface area contributed by atoms with Gasteiger partial charge in [0, 0.05) is 29.4 Å². The number of benzene rings is 6. The molecule has 93 heavy (non-hydrogen) atoms. The van der Waals surface area contributed by atoms with E-state index in [9.17, 15) is 19.5 Å². The highest BCUT2D eigenvalue weighted by Crippen LogP contribution is 2.39. The van der Waals surface area contributed by atoms with Crippen molar-refractivity contribution in [2.75, 3.05) is 59.5 Å². The van der Waals surface area contributed by atoms with Crippen molar-refractivity contribution in [3.05, 3.63) is 151 Å². The van der Waals surface area contributed by atoms with Crippen LogP contribution >= 0.6 is 0 Å². The van der Waals surface area contributed by atoms with E-state index >= 15 is 0 Å². The number of carbonyl (C=O) groups excluding carboxylic acids is 3. The second-order valence-electron chi connectivity index (χ2n) is 24.6. The molecule has 3 aliphatic carbocycles. The van der Waals surface area contributed by atoms with Gasteiger partial charge in [-0.3, -0.25) is 9.59 Å². The fourth-order valence-electron chi connectivity index (χ4n) is 12.4. The lowest BCUT2D eigenvalue weighted by Gasteiger charge is -2.27. The molecule has 0 saturated heterocycles. The average molecular weight is 1270 g/mol. The van der Waals surface area contributed by atoms with E-state index in [0.29, 0.717) is 71.0 Å². The standard InChI is InChI=1S/C77H90N2O14/c1-4-40-84-45-46-87-63-17-15-16-57(47-63)58-26-39-70-71(48-58)79-75-69-50-65(91-52-54-20-24-56(25-21-54)77(83)93-62-33-29-60(30-34-62)86-42-12-8-10-14-44-89-73(81)6-3)36-38-67(69)66-37-35-64(49-68(66)74(75)78-70)90-51-53-18-22-55(23-19-53)76(82)92-61-31-27-59(28-32-61)85-41-11-7-9-13-43-88-72(80)5-2/h5-6,15-17,27-39,47-50,53-56,58,72,80H,2-4,7-14,18-26,40-46,51-52H2,1H3. The van der Waals surface area contributed by atoms with Crippen LogP contribution in [0.5, 0.6) is 40.2 Å². The lowest BCUT2D eigenvalue weighted by molar-refractivity contribution is -0.141. The van der Waals surface area contributed by atoms with E-state index in [-0.39, 0.29) is 41.5 Å². The summed E-state index contributed by atoms with van der Waals surface area (Å²) in [6, 6.07) is 35.3. The molecule has 0 radical (unpaired) electrons. The highest BCUT2D eigenvalue weighted by molar-refractivity contribution is 6.23. The predicted molar refractivity (Wildman–Crippen MR) is 360 cm³/mol. The smallest absolute Gasteiger partial charge is 0.330 e. The molecule has 6 aromatic carbocycles. The zero-order chi connectivity index (χ0) is 64.6. The van der Waals surface area contributed by atoms with Gasteiger partial charge in [0.2, 0.25) is 0 Å². The molecule has 1 N–H and O–H groups in total. The Morgan fingerprint density at radius 2 is 1.01 bits per heavy atom. The Hall–Kier alpha value is -8.31. The molecule has 2 atom stereocenters. The van der Waals surface area contributed by atoms with Crippen molar-refractivity contribution in [2.24, 2.45) is 23.7 Å². The minimum atomic E-state index is -0.910. The maximum atomic E-state index is 13.4. The summed E-state index contributed by atoms with van der Waals surface area (Å²) >= 11 is 0. The molecule has 16 heteroatoms. The van der Waals surface area contributed by atoms with Crippen molar-refractivity contribution in [1.82, 2.24) is 9.97 Å². The van der Waals surface area contributed by atoms with Crippen molar-refractivity contribution in [1.29, 1.82) is 0 Å². The molecular formula is C77H90N2O14. The summed E-state index contributed by atoms with van der Waals surface area (Å²) in [4.78, 5) is 48.8. The predicted octanol–water partition coefficient (Wildman–Crippen LogP) is 14.2. The fraction of sp³-hybridized carbons (Fsp3) is 0.442. The third kappa shape index (κ3) is 19.9. The molecule has 0 amide bonds. The SMILES string of the molecule is C=CC(=O)OCCCCCCOc1ccc(OC(=O)C2CCC(COc3ccc4c5ccc(OCC6CCC(C(=O)Oc7ccc(OCCCCCCOC(O)C=C)cc7)CC6)cc5c5nc6c(nc5c4c3)=CC(c3cccc(OCCOCCC)c3)CC=6)CC2)cc1. The van der Waals surface area contributed by atoms with Gasteiger partial charge in [-0.15, -0.1) is 0 Å². The lowest BCUT2D eigenvalue weighted by Crippen LogP contribution is -2.34. The van der Waals surface area contributed by atoms with Gasteiger partial charge >= 0.3 is 17.9 Å². The van der Waals surface area contributed by atoms with Crippen LogP contribution in [0.1, 0.15) is 134 Å². The van der Waals surface area contributed by atoms with Gasteiger partial charge in [-0.1, -0.05) is 44.7 Å². The van der Waals surface area contributed by atoms with Crippen molar-refractivity contribution >= 4 is 62.6 Å². The molecule has 1 aromatic heterocycles. The van der Waals surface area contributed by atoms with Gasteiger partial charge in [-0.05, 0) is 247 Å². The molecule has 1 heterocycles. The van der Waals surface area contributed by atoms with Crippen LogP contribution in [-0.2, 0) is 28.6 Å². The minimum absolute atomic E-state index is 0.0734. The van der Waals surface area contributed by atoms with E-state index in [2.05, 4.69) is 68.6 Å². The molecule has 10 rings (SSSR count). The van der Waals surface area contributed by atoms with Crippen LogP contribution < -0.4 is 43.9 Å². The summed E-state index contributed by atoms with van der Waals surface area (Å²) in [7, 11) is 0. The highest BCUT2D eigenvalue weighted by Gasteiger charge is 2.30. The molecule has 0 spiro atoms. The van der Waals surface area contributed by atoms with Crippen LogP contribution in [0, 0.1) is 23.7 Å². The number of unbranched alkanes of at least 4 members (excludes halogenated alkanes) is 6. The average Bonchev–Trinajstić information content (AvgIpc) is 0.742. The molecule has 2 unspecified atom stereocenters. The minimum Gasteiger partial charge on any atom is -0.494 e. The molecule has 2 fully saturated rings. The maximum Gasteiger partial charge on any atom is 0.330 e. The maximum absolute atomic E-state index is 13.4. The van der Waals surface area contributed by atoms with Gasteiger partial charge < -0.3 is 52.5 Å². The molecule has 3 aliphatic rings. The third-order valence-electron chi connectivity index (χ3n) is 17.7. The van der Waals surface area contributed by atoms with Gasteiger partial charge in [0.1, 0.15) is 46.9 Å². The number of hydrogen-bond donors (Lipinski definition) is 1. The number of aliphatic hydroxyl groups is 1. The number of rotatable bonds is 36. The summed E-state index contributed by atoms with van der Waals surface area (Å²) in [5, 5.41) is 15.1. The van der Waals surface area contributed by atoms with Crippen molar-refractivity contribution in [3.8, 4) is 40.2 Å². The molecule has 0 bridgehead atoms. The first-order valence-corrected chi connectivity index (χ1v) is 33.7. The second-order valence-corrected chi connectivity index (χ2v) is 24.6. The molecular weight excluding hydrogens is 1180 g/mol. The van der Waals surface area contributed by atoms with E-state index in [1.54, 1.807) is 24.3 Å². The van der Waals surface area contributed by atoms with E-state index in [4.69, 9.17) is 57.3 Å². The Labute approximate surface area is 545 Å². The highest BCUT2D eigenvalue weighted by atomic mass is 16.6. The molecule has 7 aromatic rings. The summed E-state index contributed by atoms with van der Waals surface area (Å²) in [5.74, 6) is 4.24. The Kier molecular flexibility index (Phi) is 25.5. The number of aromatic nitrogens is 2. The first-order valence-electron chi connectivity index (χ1n) is 33.7. The van der Waals surface area contributed by atoms with Crippen LogP contribution in [0.4, 0.5) is 0 Å². The first kappa shape index (κ1) is 67.6. The number of nitrogens with zero attached hydrogens (tertiary/aromatic N) is 2. The normalized spacial score (nSPS) is 18.1. The van der Waals surface area contributed by atoms with Crippen LogP contribution in [-0.4, -0.2) is 98.7 Å². The zero-order valence-corrected chi connectivity index (χ0v) is 53.8. The van der Waals surface area contributed by atoms with E-state index in [1.165, 1.54) is 12.2 Å². The molecule has 16 nitrogen and oxygen atoms in total. The van der Waals surface area contributed by atoms with Crippen LogP contribution in [0.3, 0.4) is 0 Å². The van der Waals surface area contributed by atoms with Crippen LogP contribution in [0.2, 0.25) is 0 Å². The topological polar surface area (TPSA) is 190 Å². The summed E-state index contributed by atoms with van der Waals surface area (Å²) < 4.78 is 58.7. The summed E-state index contributed by atoms with van der Waals surface area (Å²) in [6.07, 6.45) is 21.4. The Morgan fingerprint density at radius 3 is 1.55 bits per heavy atom. The Bertz CT molecular complexity index is 3720. The molecule has 2 saturated carbocycles. The second kappa shape index (κ2) is 35.1. The number of esters is 3. The lowest BCUT2D eigenvalue weighted by atomic mass is 9.82. The zero-order valence-electron chi connectivity index (χ0n) is 53.8. The van der Waals surface area contributed by atoms with Gasteiger partial charge in [0.05, 0.1) is 79.8 Å². The van der Waals surface area contributed by atoms with Crippen molar-refractivity contribution in [2.45, 2.75) is 135 Å². The number of hydrogen-bond acceptors (Lipinski definition) is 16. The molecule has 0 aliphatic heterocycles. The molecule has 492 valence electrons. The Balaban J connectivity index is 0.753. The van der Waals surface area contributed by atoms with Gasteiger partial charge in [0.15, 0.2) is 6.29 Å². The monoisotopic (exact) mass is 1270 g/mol. The first-order chi connectivity index (χ1) is 45.6. The third-order valence-corrected chi connectivity index (χ3v) is 17.7. The number of carbonyl (C=O) groups is 3. The number of ether oxygens (including phenoxy) is 10. The summed E-state index contributed by atoms with van der Waals surface area (Å²) in [5.41, 5.74) is 2.72. The Morgan fingerprint density at radius 1 is 0.516 bits per heavy atom. The van der Waals surface area contributed by atoms with Gasteiger partial charge in [-0.25, -0.2) is 14.8 Å². The van der Waals surface area contributed by atoms with E-state index in [1.807, 2.05) is 48.5 Å². The largest absolute Gasteiger partial charge is 0.494 e. The van der Waals surface area contributed by atoms with Crippen LogP contribution in [0.15, 0.2) is 135 Å². The number of fused-ring (bicyclic) bond motifs is 7. The number of aliphatic hydroxyl groups excluding tert-OH is 1. The van der Waals surface area contributed by atoms with Gasteiger partial charge in [-0.2, -0.15) is 0 Å². The van der Waals surface area contributed by atoms with Crippen molar-refractivity contribution < 1.29 is 66.9 Å². The van der Waals surface area contributed by atoms with Crippen molar-refractivity contribution in [3.63, 3.8) is 0 Å².